The summed E-state index contributed by atoms with van der Waals surface area (Å²) < 4.78 is 1.27. The van der Waals surface area contributed by atoms with Crippen LogP contribution in [0.15, 0.2) is 35.3 Å². The predicted molar refractivity (Wildman–Crippen MR) is 109 cm³/mol. The van der Waals surface area contributed by atoms with Gasteiger partial charge < -0.3 is 5.32 Å². The van der Waals surface area contributed by atoms with Crippen LogP contribution >= 0.6 is 11.3 Å². The number of benzene rings is 1. The molecule has 3 aromatic rings. The molecule has 0 fully saturated rings. The monoisotopic (exact) mass is 384 g/mol. The molecule has 142 valence electrons. The van der Waals surface area contributed by atoms with Crippen LogP contribution in [0.5, 0.6) is 0 Å². The summed E-state index contributed by atoms with van der Waals surface area (Å²) in [5, 5.41) is 7.87. The summed E-state index contributed by atoms with van der Waals surface area (Å²) in [4.78, 5) is 29.9. The van der Waals surface area contributed by atoms with E-state index in [0.29, 0.717) is 10.5 Å². The molecule has 0 saturated carbocycles. The van der Waals surface area contributed by atoms with E-state index in [1.165, 1.54) is 22.0 Å². The van der Waals surface area contributed by atoms with Crippen molar-refractivity contribution in [1.82, 2.24) is 14.6 Å². The second-order valence-electron chi connectivity index (χ2n) is 7.55. The van der Waals surface area contributed by atoms with E-state index < -0.39 is 0 Å². The minimum atomic E-state index is -0.362. The molecule has 1 aromatic carbocycles. The van der Waals surface area contributed by atoms with E-state index in [1.807, 2.05) is 12.1 Å². The van der Waals surface area contributed by atoms with Crippen molar-refractivity contribution in [3.05, 3.63) is 57.0 Å². The topological polar surface area (TPSA) is 76.4 Å². The first-order chi connectivity index (χ1) is 12.8. The molecule has 3 rings (SSSR count). The fourth-order valence-electron chi connectivity index (χ4n) is 2.66. The van der Waals surface area contributed by atoms with Crippen LogP contribution in [0.3, 0.4) is 0 Å². The van der Waals surface area contributed by atoms with Gasteiger partial charge in [0.2, 0.25) is 4.96 Å². The lowest BCUT2D eigenvalue weighted by Gasteiger charge is -2.19. The molecule has 0 aliphatic heterocycles. The molecule has 2 aromatic heterocycles. The van der Waals surface area contributed by atoms with E-state index in [1.54, 1.807) is 12.1 Å². The third-order valence-electron chi connectivity index (χ3n) is 4.33. The van der Waals surface area contributed by atoms with Crippen LogP contribution in [0.4, 0.5) is 5.69 Å². The quantitative estimate of drug-likeness (QED) is 0.720. The van der Waals surface area contributed by atoms with E-state index in [4.69, 9.17) is 0 Å². The molecule has 1 N–H and O–H groups in total. The zero-order valence-electron chi connectivity index (χ0n) is 16.1. The molecule has 0 aliphatic rings. The summed E-state index contributed by atoms with van der Waals surface area (Å²) in [5.74, 6) is -0.337. The van der Waals surface area contributed by atoms with Crippen molar-refractivity contribution < 1.29 is 4.79 Å². The molecular weight excluding hydrogens is 360 g/mol. The van der Waals surface area contributed by atoms with Crippen LogP contribution in [0.2, 0.25) is 0 Å². The highest BCUT2D eigenvalue weighted by molar-refractivity contribution is 7.16. The average molecular weight is 385 g/mol. The molecular formula is C20H24N4O2S. The third-order valence-corrected chi connectivity index (χ3v) is 5.32. The Hall–Kier alpha value is -2.54. The van der Waals surface area contributed by atoms with Gasteiger partial charge in [-0.1, -0.05) is 57.6 Å². The standard InChI is InChI=1S/C20H24N4O2S/c1-5-6-7-16-23-24-18(26)15(12-21-19(24)27-16)22-17(25)13-8-10-14(11-9-13)20(2,3)4/h8-12H,5-7H2,1-4H3,(H,22,25). The highest BCUT2D eigenvalue weighted by Gasteiger charge is 2.16. The second kappa shape index (κ2) is 7.60. The fraction of sp³-hybridized carbons (Fsp3) is 0.400. The Morgan fingerprint density at radius 2 is 1.93 bits per heavy atom. The lowest BCUT2D eigenvalue weighted by molar-refractivity contribution is 0.102. The van der Waals surface area contributed by atoms with Gasteiger partial charge in [-0.25, -0.2) is 4.98 Å². The Bertz CT molecular complexity index is 1010. The van der Waals surface area contributed by atoms with E-state index in [0.717, 1.165) is 29.8 Å². The first kappa shape index (κ1) is 19.2. The molecule has 0 unspecified atom stereocenters. The van der Waals surface area contributed by atoms with E-state index in [-0.39, 0.29) is 22.6 Å². The summed E-state index contributed by atoms with van der Waals surface area (Å²) in [7, 11) is 0. The SMILES string of the molecule is CCCCc1nn2c(=O)c(NC(=O)c3ccc(C(C)(C)C)cc3)cnc2s1. The van der Waals surface area contributed by atoms with Crippen LogP contribution in [0.1, 0.15) is 61.5 Å². The Balaban J connectivity index is 1.82. The molecule has 1 amide bonds. The number of hydrogen-bond acceptors (Lipinski definition) is 5. The molecule has 6 nitrogen and oxygen atoms in total. The summed E-state index contributed by atoms with van der Waals surface area (Å²) in [6, 6.07) is 7.41. The van der Waals surface area contributed by atoms with Crippen LogP contribution in [-0.4, -0.2) is 20.5 Å². The minimum Gasteiger partial charge on any atom is -0.316 e. The van der Waals surface area contributed by atoms with Crippen LogP contribution < -0.4 is 10.9 Å². The van der Waals surface area contributed by atoms with Crippen molar-refractivity contribution in [2.24, 2.45) is 0 Å². The number of unbranched alkanes of at least 4 members (excludes halogenated alkanes) is 1. The number of nitrogens with one attached hydrogen (secondary N) is 1. The zero-order chi connectivity index (χ0) is 19.6. The van der Waals surface area contributed by atoms with E-state index in [9.17, 15) is 9.59 Å². The average Bonchev–Trinajstić information content (AvgIpc) is 3.05. The minimum absolute atomic E-state index is 0.0168. The van der Waals surface area contributed by atoms with Crippen LogP contribution in [-0.2, 0) is 11.8 Å². The Morgan fingerprint density at radius 3 is 2.56 bits per heavy atom. The Labute approximate surface area is 162 Å². The molecule has 0 aliphatic carbocycles. The van der Waals surface area contributed by atoms with Crippen molar-refractivity contribution in [3.63, 3.8) is 0 Å². The number of aryl methyl sites for hydroxylation is 1. The van der Waals surface area contributed by atoms with Gasteiger partial charge >= 0.3 is 0 Å². The highest BCUT2D eigenvalue weighted by Crippen LogP contribution is 2.22. The van der Waals surface area contributed by atoms with Crippen molar-refractivity contribution in [3.8, 4) is 0 Å². The largest absolute Gasteiger partial charge is 0.316 e. The van der Waals surface area contributed by atoms with Crippen molar-refractivity contribution in [1.29, 1.82) is 0 Å². The molecule has 0 saturated heterocycles. The van der Waals surface area contributed by atoms with Crippen molar-refractivity contribution in [2.75, 3.05) is 5.32 Å². The maximum Gasteiger partial charge on any atom is 0.298 e. The number of carbonyl (C=O) groups excluding carboxylic acids is 1. The smallest absolute Gasteiger partial charge is 0.298 e. The van der Waals surface area contributed by atoms with Gasteiger partial charge in [-0.2, -0.15) is 9.61 Å². The summed E-state index contributed by atoms with van der Waals surface area (Å²) in [6.07, 6.45) is 4.31. The highest BCUT2D eigenvalue weighted by atomic mass is 32.1. The summed E-state index contributed by atoms with van der Waals surface area (Å²) >= 11 is 1.41. The number of nitrogens with zero attached hydrogens (tertiary/aromatic N) is 3. The molecule has 0 radical (unpaired) electrons. The van der Waals surface area contributed by atoms with Gasteiger partial charge in [-0.15, -0.1) is 0 Å². The number of hydrogen-bond donors (Lipinski definition) is 1. The van der Waals surface area contributed by atoms with Crippen LogP contribution in [0, 0.1) is 0 Å². The molecule has 0 bridgehead atoms. The zero-order valence-corrected chi connectivity index (χ0v) is 16.9. The van der Waals surface area contributed by atoms with E-state index in [2.05, 4.69) is 43.1 Å². The van der Waals surface area contributed by atoms with E-state index >= 15 is 0 Å². The second-order valence-corrected chi connectivity index (χ2v) is 8.59. The van der Waals surface area contributed by atoms with Gasteiger partial charge in [-0.05, 0) is 29.5 Å². The number of amides is 1. The molecule has 27 heavy (non-hydrogen) atoms. The Morgan fingerprint density at radius 1 is 1.22 bits per heavy atom. The maximum atomic E-state index is 12.6. The number of rotatable bonds is 5. The molecule has 2 heterocycles. The fourth-order valence-corrected chi connectivity index (χ4v) is 3.55. The predicted octanol–water partition coefficient (Wildman–Crippen LogP) is 4.04. The van der Waals surface area contributed by atoms with Crippen molar-refractivity contribution >= 4 is 27.9 Å². The molecule has 0 atom stereocenters. The van der Waals surface area contributed by atoms with Gasteiger partial charge in [-0.3, -0.25) is 9.59 Å². The summed E-state index contributed by atoms with van der Waals surface area (Å²) in [5.41, 5.74) is 1.42. The van der Waals surface area contributed by atoms with Gasteiger partial charge in [0, 0.05) is 12.0 Å². The third kappa shape index (κ3) is 4.24. The number of anilines is 1. The first-order valence-electron chi connectivity index (χ1n) is 9.09. The molecule has 7 heteroatoms. The van der Waals surface area contributed by atoms with Crippen LogP contribution in [0.25, 0.3) is 4.96 Å². The molecule has 0 spiro atoms. The lowest BCUT2D eigenvalue weighted by atomic mass is 9.87. The van der Waals surface area contributed by atoms with Gasteiger partial charge in [0.15, 0.2) is 0 Å². The van der Waals surface area contributed by atoms with Crippen molar-refractivity contribution in [2.45, 2.75) is 52.4 Å². The maximum absolute atomic E-state index is 12.6. The number of carbonyl (C=O) groups is 1. The summed E-state index contributed by atoms with van der Waals surface area (Å²) in [6.45, 7) is 8.46. The number of fused-ring (bicyclic) bond motifs is 1. The Kier molecular flexibility index (Phi) is 5.41. The van der Waals surface area contributed by atoms with Gasteiger partial charge in [0.25, 0.3) is 11.5 Å². The van der Waals surface area contributed by atoms with Gasteiger partial charge in [0.1, 0.15) is 10.7 Å². The number of aromatic nitrogens is 3. The lowest BCUT2D eigenvalue weighted by Crippen LogP contribution is -2.23. The van der Waals surface area contributed by atoms with Gasteiger partial charge in [0.05, 0.1) is 6.20 Å². The first-order valence-corrected chi connectivity index (χ1v) is 9.91. The normalized spacial score (nSPS) is 11.7.